The minimum Gasteiger partial charge on any atom is -0.325 e. The lowest BCUT2D eigenvalue weighted by Gasteiger charge is -2.10. The Balaban J connectivity index is 1.55. The first-order valence-electron chi connectivity index (χ1n) is 8.04. The van der Waals surface area contributed by atoms with Gasteiger partial charge in [-0.1, -0.05) is 35.9 Å². The van der Waals surface area contributed by atoms with Crippen molar-refractivity contribution in [2.24, 2.45) is 0 Å². The summed E-state index contributed by atoms with van der Waals surface area (Å²) in [6.07, 6.45) is 1.62. The third-order valence-electron chi connectivity index (χ3n) is 3.51. The molecular formula is C19H16ClN3O2S2. The Morgan fingerprint density at radius 3 is 2.59 bits per heavy atom. The number of nitrogens with zero attached hydrogens (tertiary/aromatic N) is 1. The largest absolute Gasteiger partial charge is 0.325 e. The van der Waals surface area contributed by atoms with Crippen molar-refractivity contribution >= 4 is 57.3 Å². The van der Waals surface area contributed by atoms with Crippen LogP contribution in [0.25, 0.3) is 0 Å². The Morgan fingerprint density at radius 1 is 1.07 bits per heavy atom. The summed E-state index contributed by atoms with van der Waals surface area (Å²) in [6, 6.07) is 14.4. The minimum atomic E-state index is -0.310. The van der Waals surface area contributed by atoms with Gasteiger partial charge in [0.1, 0.15) is 0 Å². The summed E-state index contributed by atoms with van der Waals surface area (Å²) in [5.41, 5.74) is 1.97. The van der Waals surface area contributed by atoms with Crippen molar-refractivity contribution in [1.82, 2.24) is 4.98 Å². The molecular weight excluding hydrogens is 402 g/mol. The van der Waals surface area contributed by atoms with Crippen molar-refractivity contribution in [2.75, 3.05) is 16.4 Å². The predicted octanol–water partition coefficient (Wildman–Crippen LogP) is 4.92. The zero-order valence-electron chi connectivity index (χ0n) is 14.1. The van der Waals surface area contributed by atoms with E-state index in [1.165, 1.54) is 23.1 Å². The van der Waals surface area contributed by atoms with Crippen LogP contribution in [-0.4, -0.2) is 22.6 Å². The molecule has 2 amide bonds. The Bertz CT molecular complexity index is 915. The zero-order chi connectivity index (χ0) is 19.1. The van der Waals surface area contributed by atoms with Crippen LogP contribution >= 0.6 is 34.7 Å². The van der Waals surface area contributed by atoms with Crippen LogP contribution in [0.15, 0.2) is 60.1 Å². The van der Waals surface area contributed by atoms with E-state index >= 15 is 0 Å². The lowest BCUT2D eigenvalue weighted by molar-refractivity contribution is -0.113. The number of aromatic nitrogens is 1. The number of nitrogens with one attached hydrogen (secondary N) is 2. The molecule has 5 nitrogen and oxygen atoms in total. The standard InChI is InChI=1S/C19H16ClN3O2S2/c20-14-7-5-13(6-8-14)11-26-12-17(24)22-16-4-2-1-3-15(16)18(25)23-19-21-9-10-27-19/h1-10H,11-12H2,(H,22,24)(H,21,23,25). The normalized spacial score (nSPS) is 10.4. The third kappa shape index (κ3) is 5.82. The van der Waals surface area contributed by atoms with Gasteiger partial charge in [-0.05, 0) is 29.8 Å². The van der Waals surface area contributed by atoms with E-state index in [0.29, 0.717) is 27.2 Å². The monoisotopic (exact) mass is 417 g/mol. The second-order valence-electron chi connectivity index (χ2n) is 5.50. The van der Waals surface area contributed by atoms with Crippen molar-refractivity contribution in [2.45, 2.75) is 5.75 Å². The Labute approximate surface area is 170 Å². The molecule has 3 rings (SSSR count). The van der Waals surface area contributed by atoms with Crippen molar-refractivity contribution in [3.05, 3.63) is 76.3 Å². The number of hydrogen-bond acceptors (Lipinski definition) is 5. The second kappa shape index (κ2) is 9.55. The van der Waals surface area contributed by atoms with Crippen molar-refractivity contribution in [3.63, 3.8) is 0 Å². The number of para-hydroxylation sites is 1. The molecule has 2 N–H and O–H groups in total. The summed E-state index contributed by atoms with van der Waals surface area (Å²) >= 11 is 8.69. The first-order valence-corrected chi connectivity index (χ1v) is 10.4. The first-order chi connectivity index (χ1) is 13.1. The number of thioether (sulfide) groups is 1. The highest BCUT2D eigenvalue weighted by molar-refractivity contribution is 7.99. The Kier molecular flexibility index (Phi) is 6.86. The zero-order valence-corrected chi connectivity index (χ0v) is 16.5. The van der Waals surface area contributed by atoms with Gasteiger partial charge in [-0.25, -0.2) is 4.98 Å². The van der Waals surface area contributed by atoms with Crippen LogP contribution in [-0.2, 0) is 10.5 Å². The molecule has 0 fully saturated rings. The molecule has 27 heavy (non-hydrogen) atoms. The van der Waals surface area contributed by atoms with Crippen LogP contribution < -0.4 is 10.6 Å². The van der Waals surface area contributed by atoms with E-state index in [4.69, 9.17) is 11.6 Å². The molecule has 0 saturated carbocycles. The third-order valence-corrected chi connectivity index (χ3v) is 5.46. The van der Waals surface area contributed by atoms with E-state index in [9.17, 15) is 9.59 Å². The molecule has 1 aromatic heterocycles. The van der Waals surface area contributed by atoms with Gasteiger partial charge in [0.2, 0.25) is 5.91 Å². The summed E-state index contributed by atoms with van der Waals surface area (Å²) in [5.74, 6) is 0.514. The lowest BCUT2D eigenvalue weighted by Crippen LogP contribution is -2.19. The molecule has 0 aliphatic rings. The van der Waals surface area contributed by atoms with E-state index in [2.05, 4.69) is 15.6 Å². The van der Waals surface area contributed by atoms with E-state index in [1.54, 1.807) is 35.8 Å². The summed E-state index contributed by atoms with van der Waals surface area (Å²) < 4.78 is 0. The van der Waals surface area contributed by atoms with Crippen LogP contribution in [0.4, 0.5) is 10.8 Å². The number of rotatable bonds is 7. The molecule has 8 heteroatoms. The number of amides is 2. The van der Waals surface area contributed by atoms with Crippen LogP contribution in [0.3, 0.4) is 0 Å². The van der Waals surface area contributed by atoms with Gasteiger partial charge < -0.3 is 5.32 Å². The summed E-state index contributed by atoms with van der Waals surface area (Å²) in [4.78, 5) is 28.7. The molecule has 138 valence electrons. The first kappa shape index (κ1) is 19.4. The molecule has 3 aromatic rings. The van der Waals surface area contributed by atoms with Gasteiger partial charge in [-0.3, -0.25) is 14.9 Å². The molecule has 0 aliphatic carbocycles. The van der Waals surface area contributed by atoms with E-state index < -0.39 is 0 Å². The summed E-state index contributed by atoms with van der Waals surface area (Å²) in [7, 11) is 0. The molecule has 2 aromatic carbocycles. The number of benzene rings is 2. The van der Waals surface area contributed by atoms with E-state index in [-0.39, 0.29) is 17.6 Å². The van der Waals surface area contributed by atoms with Crippen LogP contribution in [0.2, 0.25) is 5.02 Å². The SMILES string of the molecule is O=C(CSCc1ccc(Cl)cc1)Nc1ccccc1C(=O)Nc1nccs1. The van der Waals surface area contributed by atoms with Gasteiger partial charge in [-0.2, -0.15) is 0 Å². The number of hydrogen-bond donors (Lipinski definition) is 2. The Morgan fingerprint density at radius 2 is 1.85 bits per heavy atom. The summed E-state index contributed by atoms with van der Waals surface area (Å²) in [6.45, 7) is 0. The number of carbonyl (C=O) groups excluding carboxylic acids is 2. The average Bonchev–Trinajstić information content (AvgIpc) is 3.17. The van der Waals surface area contributed by atoms with Crippen molar-refractivity contribution in [3.8, 4) is 0 Å². The molecule has 0 bridgehead atoms. The fourth-order valence-electron chi connectivity index (χ4n) is 2.27. The molecule has 0 radical (unpaired) electrons. The minimum absolute atomic E-state index is 0.163. The lowest BCUT2D eigenvalue weighted by atomic mass is 10.1. The molecule has 0 atom stereocenters. The molecule has 0 spiro atoms. The second-order valence-corrected chi connectivity index (χ2v) is 7.82. The van der Waals surface area contributed by atoms with Crippen LogP contribution in [0, 0.1) is 0 Å². The van der Waals surface area contributed by atoms with Crippen LogP contribution in [0.5, 0.6) is 0 Å². The van der Waals surface area contributed by atoms with Gasteiger partial charge >= 0.3 is 0 Å². The number of carbonyl (C=O) groups is 2. The molecule has 0 unspecified atom stereocenters. The number of halogens is 1. The highest BCUT2D eigenvalue weighted by Gasteiger charge is 2.14. The highest BCUT2D eigenvalue weighted by atomic mass is 35.5. The summed E-state index contributed by atoms with van der Waals surface area (Å²) in [5, 5.41) is 8.51. The molecule has 0 saturated heterocycles. The smallest absolute Gasteiger partial charge is 0.259 e. The van der Waals surface area contributed by atoms with Crippen LogP contribution in [0.1, 0.15) is 15.9 Å². The van der Waals surface area contributed by atoms with Gasteiger partial charge in [0, 0.05) is 22.4 Å². The van der Waals surface area contributed by atoms with Crippen molar-refractivity contribution in [1.29, 1.82) is 0 Å². The topological polar surface area (TPSA) is 71.1 Å². The van der Waals surface area contributed by atoms with E-state index in [0.717, 1.165) is 5.56 Å². The van der Waals surface area contributed by atoms with Gasteiger partial charge in [0.15, 0.2) is 5.13 Å². The van der Waals surface area contributed by atoms with Gasteiger partial charge in [0.25, 0.3) is 5.91 Å². The maximum absolute atomic E-state index is 12.4. The quantitative estimate of drug-likeness (QED) is 0.572. The van der Waals surface area contributed by atoms with Crippen molar-refractivity contribution < 1.29 is 9.59 Å². The fourth-order valence-corrected chi connectivity index (χ4v) is 3.71. The Hall–Kier alpha value is -2.35. The maximum atomic E-state index is 12.4. The highest BCUT2D eigenvalue weighted by Crippen LogP contribution is 2.20. The predicted molar refractivity (Wildman–Crippen MR) is 113 cm³/mol. The van der Waals surface area contributed by atoms with Gasteiger partial charge in [0.05, 0.1) is 17.0 Å². The molecule has 1 heterocycles. The fraction of sp³-hybridized carbons (Fsp3) is 0.105. The van der Waals surface area contributed by atoms with Gasteiger partial charge in [-0.15, -0.1) is 23.1 Å². The van der Waals surface area contributed by atoms with E-state index in [1.807, 2.05) is 24.3 Å². The molecule has 0 aliphatic heterocycles. The average molecular weight is 418 g/mol. The maximum Gasteiger partial charge on any atom is 0.259 e. The number of thiazole rings is 1. The number of anilines is 2.